The summed E-state index contributed by atoms with van der Waals surface area (Å²) in [7, 11) is -3.60. The summed E-state index contributed by atoms with van der Waals surface area (Å²) >= 11 is 0. The Morgan fingerprint density at radius 1 is 1.29 bits per heavy atom. The van der Waals surface area contributed by atoms with Gasteiger partial charge < -0.3 is 4.42 Å². The highest BCUT2D eigenvalue weighted by molar-refractivity contribution is 7.88. The summed E-state index contributed by atoms with van der Waals surface area (Å²) in [4.78, 5) is 0. The highest BCUT2D eigenvalue weighted by Gasteiger charge is 2.36. The van der Waals surface area contributed by atoms with Crippen molar-refractivity contribution in [1.82, 2.24) is 4.41 Å². The summed E-state index contributed by atoms with van der Waals surface area (Å²) in [6, 6.07) is 8.80. The van der Waals surface area contributed by atoms with Crippen molar-refractivity contribution in [2.75, 3.05) is 6.26 Å². The fourth-order valence-electron chi connectivity index (χ4n) is 2.36. The van der Waals surface area contributed by atoms with Gasteiger partial charge in [0.15, 0.2) is 0 Å². The second kappa shape index (κ2) is 5.00. The van der Waals surface area contributed by atoms with Crippen LogP contribution in [0.15, 0.2) is 52.2 Å². The molecule has 0 bridgehead atoms. The van der Waals surface area contributed by atoms with Gasteiger partial charge in [-0.2, -0.15) is 9.52 Å². The molecule has 0 N–H and O–H groups in total. The fourth-order valence-corrected chi connectivity index (χ4v) is 3.26. The van der Waals surface area contributed by atoms with Crippen LogP contribution in [0.25, 0.3) is 0 Å². The Labute approximate surface area is 121 Å². The molecule has 0 saturated carbocycles. The van der Waals surface area contributed by atoms with E-state index in [9.17, 15) is 12.8 Å². The zero-order chi connectivity index (χ0) is 15.0. The lowest BCUT2D eigenvalue weighted by atomic mass is 10.0. The normalized spacial score (nSPS) is 18.9. The lowest BCUT2D eigenvalue weighted by molar-refractivity contribution is 0.365. The molecule has 0 radical (unpaired) electrons. The SMILES string of the molecule is CS(=O)(=O)N1N=C(c2ccco2)C[C@H]1c1ccccc1F. The number of hydrogen-bond donors (Lipinski definition) is 0. The number of rotatable bonds is 3. The minimum atomic E-state index is -3.60. The molecule has 5 nitrogen and oxygen atoms in total. The van der Waals surface area contributed by atoms with Crippen LogP contribution in [0.4, 0.5) is 4.39 Å². The van der Waals surface area contributed by atoms with E-state index in [-0.39, 0.29) is 6.42 Å². The first-order chi connectivity index (χ1) is 9.97. The van der Waals surface area contributed by atoms with E-state index in [4.69, 9.17) is 4.42 Å². The molecule has 0 saturated heterocycles. The molecule has 0 spiro atoms. The Kier molecular flexibility index (Phi) is 3.29. The van der Waals surface area contributed by atoms with E-state index in [0.717, 1.165) is 10.7 Å². The predicted molar refractivity (Wildman–Crippen MR) is 75.7 cm³/mol. The highest BCUT2D eigenvalue weighted by Crippen LogP contribution is 2.35. The maximum absolute atomic E-state index is 14.0. The molecule has 1 aliphatic rings. The van der Waals surface area contributed by atoms with E-state index >= 15 is 0 Å². The predicted octanol–water partition coefficient (Wildman–Crippen LogP) is 2.53. The Balaban J connectivity index is 2.04. The number of furan rings is 1. The summed E-state index contributed by atoms with van der Waals surface area (Å²) in [5.41, 5.74) is 0.784. The van der Waals surface area contributed by atoms with Crippen LogP contribution >= 0.6 is 0 Å². The Morgan fingerprint density at radius 3 is 2.67 bits per heavy atom. The van der Waals surface area contributed by atoms with Crippen molar-refractivity contribution in [2.45, 2.75) is 12.5 Å². The van der Waals surface area contributed by atoms with Crippen molar-refractivity contribution in [3.05, 3.63) is 59.8 Å². The van der Waals surface area contributed by atoms with Crippen molar-refractivity contribution in [3.63, 3.8) is 0 Å². The first-order valence-corrected chi connectivity index (χ1v) is 8.17. The smallest absolute Gasteiger partial charge is 0.247 e. The Bertz CT molecular complexity index is 784. The third-order valence-corrected chi connectivity index (χ3v) is 4.30. The molecule has 2 aromatic rings. The molecule has 110 valence electrons. The third kappa shape index (κ3) is 2.56. The molecule has 2 heterocycles. The molecular formula is C14H13FN2O3S. The van der Waals surface area contributed by atoms with E-state index in [1.165, 1.54) is 12.3 Å². The quantitative estimate of drug-likeness (QED) is 0.875. The van der Waals surface area contributed by atoms with Gasteiger partial charge >= 0.3 is 0 Å². The maximum atomic E-state index is 14.0. The topological polar surface area (TPSA) is 62.9 Å². The lowest BCUT2D eigenvalue weighted by Gasteiger charge is -2.21. The molecule has 1 aliphatic heterocycles. The monoisotopic (exact) mass is 308 g/mol. The summed E-state index contributed by atoms with van der Waals surface area (Å²) in [5.74, 6) is 0.0366. The molecule has 1 aromatic carbocycles. The first-order valence-electron chi connectivity index (χ1n) is 6.32. The molecule has 1 aromatic heterocycles. The Hall–Kier alpha value is -2.15. The molecule has 0 aliphatic carbocycles. The first kappa shape index (κ1) is 13.8. The third-order valence-electron chi connectivity index (χ3n) is 3.28. The van der Waals surface area contributed by atoms with Gasteiger partial charge in [-0.3, -0.25) is 0 Å². The van der Waals surface area contributed by atoms with Gasteiger partial charge in [-0.25, -0.2) is 12.8 Å². The minimum absolute atomic E-state index is 0.265. The van der Waals surface area contributed by atoms with Crippen molar-refractivity contribution < 1.29 is 17.2 Å². The molecule has 0 amide bonds. The van der Waals surface area contributed by atoms with Gasteiger partial charge in [0.1, 0.15) is 17.3 Å². The molecule has 21 heavy (non-hydrogen) atoms. The zero-order valence-corrected chi connectivity index (χ0v) is 12.0. The highest BCUT2D eigenvalue weighted by atomic mass is 32.2. The van der Waals surface area contributed by atoms with Gasteiger partial charge in [0, 0.05) is 12.0 Å². The molecule has 0 fully saturated rings. The number of nitrogens with zero attached hydrogens (tertiary/aromatic N) is 2. The Morgan fingerprint density at radius 2 is 2.05 bits per heavy atom. The number of halogens is 1. The standard InChI is InChI=1S/C14H13FN2O3S/c1-21(18,19)17-13(10-5-2-3-6-11(10)15)9-12(16-17)14-7-4-8-20-14/h2-8,13H,9H2,1H3/t13-/m0/s1. The number of hydrazone groups is 1. The van der Waals surface area contributed by atoms with Crippen LogP contribution < -0.4 is 0 Å². The average Bonchev–Trinajstić information content (AvgIpc) is 3.07. The van der Waals surface area contributed by atoms with Crippen LogP contribution in [0, 0.1) is 5.82 Å². The van der Waals surface area contributed by atoms with Gasteiger partial charge in [-0.15, -0.1) is 0 Å². The van der Waals surface area contributed by atoms with Crippen molar-refractivity contribution in [3.8, 4) is 0 Å². The van der Waals surface area contributed by atoms with E-state index in [1.807, 2.05) is 0 Å². The van der Waals surface area contributed by atoms with Gasteiger partial charge in [0.2, 0.25) is 10.0 Å². The second-order valence-corrected chi connectivity index (χ2v) is 6.64. The summed E-state index contributed by atoms with van der Waals surface area (Å²) in [5, 5.41) is 4.10. The van der Waals surface area contributed by atoms with Gasteiger partial charge in [-0.1, -0.05) is 18.2 Å². The average molecular weight is 308 g/mol. The zero-order valence-electron chi connectivity index (χ0n) is 11.2. The van der Waals surface area contributed by atoms with Crippen LogP contribution in [0.3, 0.4) is 0 Å². The van der Waals surface area contributed by atoms with E-state index in [1.54, 1.807) is 30.3 Å². The summed E-state index contributed by atoms with van der Waals surface area (Å²) in [6.45, 7) is 0. The summed E-state index contributed by atoms with van der Waals surface area (Å²) < 4.78 is 44.0. The van der Waals surface area contributed by atoms with Crippen LogP contribution in [0.2, 0.25) is 0 Å². The molecular weight excluding hydrogens is 295 g/mol. The van der Waals surface area contributed by atoms with E-state index < -0.39 is 21.9 Å². The van der Waals surface area contributed by atoms with Gasteiger partial charge in [0.05, 0.1) is 18.6 Å². The summed E-state index contributed by atoms with van der Waals surface area (Å²) in [6.07, 6.45) is 2.80. The van der Waals surface area contributed by atoms with Crippen molar-refractivity contribution in [1.29, 1.82) is 0 Å². The number of hydrogen-bond acceptors (Lipinski definition) is 4. The van der Waals surface area contributed by atoms with Crippen LogP contribution in [-0.2, 0) is 10.0 Å². The van der Waals surface area contributed by atoms with Crippen molar-refractivity contribution in [2.24, 2.45) is 5.10 Å². The maximum Gasteiger partial charge on any atom is 0.247 e. The lowest BCUT2D eigenvalue weighted by Crippen LogP contribution is -2.26. The molecule has 7 heteroatoms. The largest absolute Gasteiger partial charge is 0.463 e. The van der Waals surface area contributed by atoms with E-state index in [0.29, 0.717) is 17.0 Å². The van der Waals surface area contributed by atoms with Gasteiger partial charge in [0.25, 0.3) is 0 Å². The minimum Gasteiger partial charge on any atom is -0.463 e. The molecule has 1 atom stereocenters. The number of benzene rings is 1. The van der Waals surface area contributed by atoms with Crippen LogP contribution in [-0.4, -0.2) is 24.8 Å². The van der Waals surface area contributed by atoms with Crippen molar-refractivity contribution >= 4 is 15.7 Å². The van der Waals surface area contributed by atoms with Gasteiger partial charge in [-0.05, 0) is 18.2 Å². The number of sulfonamides is 1. The second-order valence-electron chi connectivity index (χ2n) is 4.80. The molecule has 3 rings (SSSR count). The van der Waals surface area contributed by atoms with Crippen LogP contribution in [0.5, 0.6) is 0 Å². The fraction of sp³-hybridized carbons (Fsp3) is 0.214. The molecule has 0 unspecified atom stereocenters. The van der Waals surface area contributed by atoms with Crippen LogP contribution in [0.1, 0.15) is 23.8 Å². The van der Waals surface area contributed by atoms with E-state index in [2.05, 4.69) is 5.10 Å².